The van der Waals surface area contributed by atoms with E-state index in [2.05, 4.69) is 24.1 Å². The van der Waals surface area contributed by atoms with Crippen LogP contribution in [0.3, 0.4) is 0 Å². The van der Waals surface area contributed by atoms with Gasteiger partial charge in [0.15, 0.2) is 0 Å². The van der Waals surface area contributed by atoms with Crippen molar-refractivity contribution in [1.29, 1.82) is 0 Å². The maximum atomic E-state index is 5.52. The first-order chi connectivity index (χ1) is 10.2. The molecule has 182 valence electrons. The lowest BCUT2D eigenvalue weighted by atomic mass is 9.88. The highest BCUT2D eigenvalue weighted by atomic mass is 16.5. The van der Waals surface area contributed by atoms with Gasteiger partial charge in [-0.2, -0.15) is 0 Å². The third-order valence-corrected chi connectivity index (χ3v) is 2.59. The molecule has 0 aliphatic rings. The summed E-state index contributed by atoms with van der Waals surface area (Å²) in [7, 11) is 4.50. The number of hydrogen-bond acceptors (Lipinski definition) is 6. The first-order valence-electron chi connectivity index (χ1n) is 7.71. The van der Waals surface area contributed by atoms with Crippen LogP contribution in [0.4, 0.5) is 0 Å². The van der Waals surface area contributed by atoms with Crippen molar-refractivity contribution in [2.45, 2.75) is 78.7 Å². The summed E-state index contributed by atoms with van der Waals surface area (Å²) in [6, 6.07) is 0. The fraction of sp³-hybridized carbons (Fsp3) is 1.00. The molecule has 0 spiro atoms. The summed E-state index contributed by atoms with van der Waals surface area (Å²) in [5.74, 6) is 0. The van der Waals surface area contributed by atoms with Crippen molar-refractivity contribution in [2.75, 3.05) is 60.8 Å². The van der Waals surface area contributed by atoms with Crippen LogP contribution in [-0.4, -0.2) is 60.8 Å². The Kier molecular flexibility index (Phi) is 149. The molecule has 0 aromatic rings. The molecule has 0 amide bonds. The summed E-state index contributed by atoms with van der Waals surface area (Å²) in [5.41, 5.74) is 13.5. The van der Waals surface area contributed by atoms with Crippen molar-refractivity contribution in [3.63, 3.8) is 0 Å². The molecule has 0 fully saturated rings. The molecule has 0 aromatic carbocycles. The monoisotopic (exact) mass is 408 g/mol. The summed E-state index contributed by atoms with van der Waals surface area (Å²) in [6.45, 7) is 12.6. The highest BCUT2D eigenvalue weighted by Crippen LogP contribution is 2.23. The molecule has 0 unspecified atom stereocenters. The lowest BCUT2D eigenvalue weighted by molar-refractivity contribution is -0.0658. The maximum Gasteiger partial charge on any atom is 0.0566 e. The van der Waals surface area contributed by atoms with E-state index in [0.29, 0.717) is 0 Å². The Morgan fingerprint density at radius 3 is 0.778 bits per heavy atom. The Hall–Kier alpha value is -0.240. The first kappa shape index (κ1) is 63.2. The Morgan fingerprint density at radius 2 is 0.667 bits per heavy atom. The van der Waals surface area contributed by atoms with E-state index >= 15 is 0 Å². The largest absolute Gasteiger partial charge is 0.381 e. The van der Waals surface area contributed by atoms with E-state index in [4.69, 9.17) is 14.2 Å². The van der Waals surface area contributed by atoms with Gasteiger partial charge in [0, 0.05) is 25.2 Å². The van der Waals surface area contributed by atoms with Crippen LogP contribution in [0.25, 0.3) is 0 Å². The van der Waals surface area contributed by atoms with E-state index in [1.807, 2.05) is 20.8 Å². The third-order valence-electron chi connectivity index (χ3n) is 2.59. The molecule has 0 bridgehead atoms. The van der Waals surface area contributed by atoms with Crippen LogP contribution in [0, 0.1) is 5.41 Å². The molecule has 6 heteroatoms. The van der Waals surface area contributed by atoms with Crippen LogP contribution in [0.15, 0.2) is 0 Å². The number of rotatable bonds is 10. The zero-order chi connectivity index (χ0) is 17.6. The van der Waals surface area contributed by atoms with Gasteiger partial charge in [-0.3, -0.25) is 0 Å². The van der Waals surface area contributed by atoms with Gasteiger partial charge in [-0.15, -0.1) is 0 Å². The molecular weight excluding hydrogens is 342 g/mol. The third kappa shape index (κ3) is 46.1. The molecular formula is C21H65N3O3. The predicted molar refractivity (Wildman–Crippen MR) is 133 cm³/mol. The van der Waals surface area contributed by atoms with E-state index in [0.717, 1.165) is 46.1 Å². The minimum Gasteiger partial charge on any atom is -0.381 e. The summed E-state index contributed by atoms with van der Waals surface area (Å²) in [6.07, 6.45) is 1.02. The minimum atomic E-state index is 0. The van der Waals surface area contributed by atoms with Gasteiger partial charge in [0.25, 0.3) is 0 Å². The molecule has 6 nitrogen and oxygen atoms in total. The Morgan fingerprint density at radius 1 is 0.481 bits per heavy atom. The fourth-order valence-electron chi connectivity index (χ4n) is 1.39. The number of hydrogen-bond donors (Lipinski definition) is 3. The second-order valence-electron chi connectivity index (χ2n) is 3.76. The lowest BCUT2D eigenvalue weighted by Crippen LogP contribution is -2.36. The molecule has 0 rings (SSSR count). The van der Waals surface area contributed by atoms with Crippen molar-refractivity contribution in [1.82, 2.24) is 0 Å². The second-order valence-corrected chi connectivity index (χ2v) is 3.76. The van der Waals surface area contributed by atoms with E-state index in [-0.39, 0.29) is 50.0 Å². The van der Waals surface area contributed by atoms with Crippen molar-refractivity contribution in [3.8, 4) is 0 Å². The summed E-state index contributed by atoms with van der Waals surface area (Å²) in [5, 5.41) is 0. The van der Waals surface area contributed by atoms with Gasteiger partial charge in [-0.25, -0.2) is 0 Å². The van der Waals surface area contributed by atoms with Gasteiger partial charge in [0.1, 0.15) is 0 Å². The molecule has 0 saturated carbocycles. The van der Waals surface area contributed by atoms with Crippen LogP contribution < -0.4 is 17.2 Å². The van der Waals surface area contributed by atoms with Gasteiger partial charge in [0.05, 0.1) is 19.8 Å². The normalized spacial score (nSPS) is 7.33. The molecule has 0 atom stereocenters. The zero-order valence-corrected chi connectivity index (χ0v) is 15.4. The van der Waals surface area contributed by atoms with E-state index in [1.165, 1.54) is 21.1 Å². The highest BCUT2D eigenvalue weighted by molar-refractivity contribution is 4.77. The number of nitrogens with two attached hydrogens (primary N) is 3. The first-order valence-corrected chi connectivity index (χ1v) is 7.71. The average molecular weight is 408 g/mol. The van der Waals surface area contributed by atoms with Crippen molar-refractivity contribution < 1.29 is 14.2 Å². The molecule has 0 heterocycles. The van der Waals surface area contributed by atoms with Gasteiger partial charge >= 0.3 is 0 Å². The molecule has 27 heavy (non-hydrogen) atoms. The van der Waals surface area contributed by atoms with Gasteiger partial charge in [-0.1, -0.05) is 51.5 Å². The molecule has 6 N–H and O–H groups in total. The maximum absolute atomic E-state index is 5.52. The topological polar surface area (TPSA) is 106 Å². The van der Waals surface area contributed by atoms with Crippen LogP contribution in [0.1, 0.15) is 78.7 Å². The lowest BCUT2D eigenvalue weighted by Gasteiger charge is -2.31. The fourth-order valence-corrected chi connectivity index (χ4v) is 1.39. The Labute approximate surface area is 176 Å². The summed E-state index contributed by atoms with van der Waals surface area (Å²) < 4.78 is 16.6. The average Bonchev–Trinajstić information content (AvgIpc) is 2.60. The van der Waals surface area contributed by atoms with E-state index in [1.54, 1.807) is 0 Å². The van der Waals surface area contributed by atoms with Gasteiger partial charge in [-0.05, 0) is 48.3 Å². The van der Waals surface area contributed by atoms with E-state index in [9.17, 15) is 0 Å². The van der Waals surface area contributed by atoms with Crippen LogP contribution in [0.2, 0.25) is 0 Å². The zero-order valence-electron chi connectivity index (χ0n) is 15.4. The SMILES string of the molecule is C.C.C.C.C.C.CCOCC(CC)(COCC)COCC.CN.CN.CN. The van der Waals surface area contributed by atoms with Crippen molar-refractivity contribution in [3.05, 3.63) is 0 Å². The van der Waals surface area contributed by atoms with Crippen LogP contribution in [-0.2, 0) is 14.2 Å². The Balaban J connectivity index is -0.0000000273. The molecule has 0 aromatic heterocycles. The number of ether oxygens (including phenoxy) is 3. The summed E-state index contributed by atoms with van der Waals surface area (Å²) in [4.78, 5) is 0. The molecule has 0 aliphatic heterocycles. The summed E-state index contributed by atoms with van der Waals surface area (Å²) >= 11 is 0. The molecule has 0 aliphatic carbocycles. The Bertz CT molecular complexity index is 131. The van der Waals surface area contributed by atoms with Gasteiger partial charge in [0.2, 0.25) is 0 Å². The van der Waals surface area contributed by atoms with Gasteiger partial charge < -0.3 is 31.4 Å². The quantitative estimate of drug-likeness (QED) is 0.469. The second kappa shape index (κ2) is 63.6. The standard InChI is InChI=1S/C12H26O3.3CH5N.6CH4/c1-5-12(9-13-6-2,10-14-7-3)11-15-8-4;3*1-2;;;;;;/h5-11H2,1-4H3;3*2H2,1H3;6*1H4. The van der Waals surface area contributed by atoms with E-state index < -0.39 is 0 Å². The smallest absolute Gasteiger partial charge is 0.0566 e. The predicted octanol–water partition coefficient (Wildman–Crippen LogP) is 5.03. The molecule has 0 saturated heterocycles. The molecule has 0 radical (unpaired) electrons. The van der Waals surface area contributed by atoms with Crippen molar-refractivity contribution >= 4 is 0 Å². The highest BCUT2D eigenvalue weighted by Gasteiger charge is 2.29. The van der Waals surface area contributed by atoms with Crippen LogP contribution in [0.5, 0.6) is 0 Å². The van der Waals surface area contributed by atoms with Crippen molar-refractivity contribution in [2.24, 2.45) is 22.6 Å². The minimum absolute atomic E-state index is 0. The van der Waals surface area contributed by atoms with Crippen LogP contribution >= 0.6 is 0 Å².